The smallest absolute Gasteiger partial charge is 0.257 e. The van der Waals surface area contributed by atoms with Gasteiger partial charge in [-0.2, -0.15) is 0 Å². The van der Waals surface area contributed by atoms with Crippen molar-refractivity contribution in [3.8, 4) is 5.88 Å². The summed E-state index contributed by atoms with van der Waals surface area (Å²) in [5, 5.41) is 3.35. The number of benzene rings is 1. The molecule has 1 aliphatic heterocycles. The number of rotatable bonds is 3. The van der Waals surface area contributed by atoms with Crippen molar-refractivity contribution in [3.63, 3.8) is 0 Å². The van der Waals surface area contributed by atoms with E-state index in [1.165, 1.54) is 6.42 Å². The molecule has 1 aliphatic rings. The molecule has 1 aromatic carbocycles. The van der Waals surface area contributed by atoms with Crippen LogP contribution < -0.4 is 15.0 Å². The van der Waals surface area contributed by atoms with E-state index in [0.29, 0.717) is 11.9 Å². The first-order valence-corrected chi connectivity index (χ1v) is 7.05. The molecule has 1 saturated heterocycles. The molecule has 2 aromatic rings. The minimum Gasteiger partial charge on any atom is -0.478 e. The number of nitrogens with zero attached hydrogens (tertiary/aromatic N) is 3. The number of hydrogen-bond acceptors (Lipinski definition) is 5. The molecule has 1 unspecified atom stereocenters. The second-order valence-electron chi connectivity index (χ2n) is 5.12. The lowest BCUT2D eigenvalue weighted by Gasteiger charge is -2.33. The topological polar surface area (TPSA) is 50.3 Å². The lowest BCUT2D eigenvalue weighted by molar-refractivity contribution is 0.390. The Morgan fingerprint density at radius 2 is 2.00 bits per heavy atom. The van der Waals surface area contributed by atoms with Crippen molar-refractivity contribution in [1.82, 2.24) is 15.3 Å². The summed E-state index contributed by atoms with van der Waals surface area (Å²) in [7, 11) is 3.67. The van der Waals surface area contributed by atoms with Crippen LogP contribution in [-0.4, -0.2) is 43.3 Å². The monoisotopic (exact) mass is 272 g/mol. The number of fused-ring (bicyclic) bond motifs is 1. The maximum atomic E-state index is 5.44. The number of piperidine rings is 1. The van der Waals surface area contributed by atoms with Gasteiger partial charge in [-0.05, 0) is 32.0 Å². The number of anilines is 1. The average Bonchev–Trinajstić information content (AvgIpc) is 2.53. The van der Waals surface area contributed by atoms with Gasteiger partial charge in [0.25, 0.3) is 5.88 Å². The summed E-state index contributed by atoms with van der Waals surface area (Å²) in [6, 6.07) is 8.40. The van der Waals surface area contributed by atoms with Crippen LogP contribution in [-0.2, 0) is 0 Å². The molecular formula is C15H20N4O. The van der Waals surface area contributed by atoms with E-state index >= 15 is 0 Å². The molecule has 3 rings (SSSR count). The van der Waals surface area contributed by atoms with Crippen molar-refractivity contribution in [2.45, 2.75) is 18.9 Å². The molecule has 5 heteroatoms. The van der Waals surface area contributed by atoms with Gasteiger partial charge < -0.3 is 15.0 Å². The Hall–Kier alpha value is -1.88. The highest BCUT2D eigenvalue weighted by Gasteiger charge is 2.23. The fourth-order valence-electron chi connectivity index (χ4n) is 2.72. The van der Waals surface area contributed by atoms with Crippen molar-refractivity contribution in [2.75, 3.05) is 32.1 Å². The van der Waals surface area contributed by atoms with Crippen molar-refractivity contribution in [3.05, 3.63) is 24.3 Å². The van der Waals surface area contributed by atoms with Crippen LogP contribution in [0.2, 0.25) is 0 Å². The van der Waals surface area contributed by atoms with E-state index in [4.69, 9.17) is 9.72 Å². The Kier molecular flexibility index (Phi) is 3.69. The van der Waals surface area contributed by atoms with E-state index in [9.17, 15) is 0 Å². The maximum absolute atomic E-state index is 5.44. The Balaban J connectivity index is 2.00. The van der Waals surface area contributed by atoms with Crippen LogP contribution >= 0.6 is 0 Å². The predicted molar refractivity (Wildman–Crippen MR) is 80.4 cm³/mol. The van der Waals surface area contributed by atoms with Crippen molar-refractivity contribution < 1.29 is 4.74 Å². The minimum absolute atomic E-state index is 0.502. The summed E-state index contributed by atoms with van der Waals surface area (Å²) in [6.45, 7) is 1.95. The number of hydrogen-bond donors (Lipinski definition) is 1. The van der Waals surface area contributed by atoms with E-state index < -0.39 is 0 Å². The molecule has 1 atom stereocenters. The third-order valence-electron chi connectivity index (χ3n) is 3.84. The van der Waals surface area contributed by atoms with Gasteiger partial charge in [0.1, 0.15) is 0 Å². The molecule has 0 spiro atoms. The molecule has 106 valence electrons. The number of ether oxygens (including phenoxy) is 1. The van der Waals surface area contributed by atoms with E-state index in [0.717, 1.165) is 36.4 Å². The zero-order valence-electron chi connectivity index (χ0n) is 12.0. The van der Waals surface area contributed by atoms with Crippen molar-refractivity contribution >= 4 is 16.9 Å². The van der Waals surface area contributed by atoms with E-state index in [2.05, 4.69) is 15.2 Å². The molecule has 1 N–H and O–H groups in total. The van der Waals surface area contributed by atoms with Gasteiger partial charge in [0.2, 0.25) is 0 Å². The fraction of sp³-hybridized carbons (Fsp3) is 0.467. The van der Waals surface area contributed by atoms with E-state index in [-0.39, 0.29) is 0 Å². The van der Waals surface area contributed by atoms with Gasteiger partial charge in [0.05, 0.1) is 18.1 Å². The summed E-state index contributed by atoms with van der Waals surface area (Å²) in [5.74, 6) is 1.46. The third kappa shape index (κ3) is 2.41. The number of para-hydroxylation sites is 2. The third-order valence-corrected chi connectivity index (χ3v) is 3.84. The molecule has 0 radical (unpaired) electrons. The van der Waals surface area contributed by atoms with Gasteiger partial charge in [-0.15, -0.1) is 0 Å². The molecular weight excluding hydrogens is 252 g/mol. The summed E-state index contributed by atoms with van der Waals surface area (Å²) >= 11 is 0. The first kappa shape index (κ1) is 13.1. The van der Waals surface area contributed by atoms with Crippen molar-refractivity contribution in [1.29, 1.82) is 0 Å². The maximum Gasteiger partial charge on any atom is 0.257 e. The molecule has 0 aliphatic carbocycles. The molecule has 1 fully saturated rings. The van der Waals surface area contributed by atoms with Gasteiger partial charge in [0, 0.05) is 19.1 Å². The Labute approximate surface area is 119 Å². The van der Waals surface area contributed by atoms with Crippen molar-refractivity contribution in [2.24, 2.45) is 0 Å². The fourth-order valence-corrected chi connectivity index (χ4v) is 2.72. The SMILES string of the molecule is CNC1CCCN(c2nc3ccccc3nc2OC)C1. The Bertz CT molecular complexity index is 601. The van der Waals surface area contributed by atoms with Gasteiger partial charge in [-0.25, -0.2) is 9.97 Å². The molecule has 5 nitrogen and oxygen atoms in total. The first-order valence-electron chi connectivity index (χ1n) is 7.05. The average molecular weight is 272 g/mol. The molecule has 0 bridgehead atoms. The van der Waals surface area contributed by atoms with Gasteiger partial charge >= 0.3 is 0 Å². The summed E-state index contributed by atoms with van der Waals surface area (Å²) in [6.07, 6.45) is 2.36. The lowest BCUT2D eigenvalue weighted by atomic mass is 10.1. The summed E-state index contributed by atoms with van der Waals surface area (Å²) in [5.41, 5.74) is 1.78. The lowest BCUT2D eigenvalue weighted by Crippen LogP contribution is -2.44. The van der Waals surface area contributed by atoms with E-state index in [1.54, 1.807) is 7.11 Å². The van der Waals surface area contributed by atoms with Crippen LogP contribution in [0.4, 0.5) is 5.82 Å². The van der Waals surface area contributed by atoms with Gasteiger partial charge in [0.15, 0.2) is 5.82 Å². The Morgan fingerprint density at radius 1 is 1.25 bits per heavy atom. The van der Waals surface area contributed by atoms with Crippen LogP contribution in [0.3, 0.4) is 0 Å². The molecule has 20 heavy (non-hydrogen) atoms. The summed E-state index contributed by atoms with van der Waals surface area (Å²) in [4.78, 5) is 11.6. The summed E-state index contributed by atoms with van der Waals surface area (Å²) < 4.78 is 5.44. The number of likely N-dealkylation sites (N-methyl/N-ethyl adjacent to an activating group) is 1. The van der Waals surface area contributed by atoms with E-state index in [1.807, 2.05) is 31.3 Å². The number of nitrogens with one attached hydrogen (secondary N) is 1. The standard InChI is InChI=1S/C15H20N4O/c1-16-11-6-5-9-19(10-11)14-15(20-2)18-13-8-4-3-7-12(13)17-14/h3-4,7-8,11,16H,5-6,9-10H2,1-2H3. The van der Waals surface area contributed by atoms with Gasteiger partial charge in [-0.3, -0.25) is 0 Å². The van der Waals surface area contributed by atoms with Crippen LogP contribution in [0, 0.1) is 0 Å². The van der Waals surface area contributed by atoms with Crippen LogP contribution in [0.5, 0.6) is 5.88 Å². The van der Waals surface area contributed by atoms with Gasteiger partial charge in [-0.1, -0.05) is 12.1 Å². The first-order chi connectivity index (χ1) is 9.81. The molecule has 0 saturated carbocycles. The zero-order valence-corrected chi connectivity index (χ0v) is 12.0. The zero-order chi connectivity index (χ0) is 13.9. The normalized spacial score (nSPS) is 19.3. The predicted octanol–water partition coefficient (Wildman–Crippen LogP) is 1.83. The molecule has 0 amide bonds. The highest BCUT2D eigenvalue weighted by molar-refractivity contribution is 5.77. The number of methoxy groups -OCH3 is 1. The Morgan fingerprint density at radius 3 is 2.70 bits per heavy atom. The highest BCUT2D eigenvalue weighted by Crippen LogP contribution is 2.28. The molecule has 1 aromatic heterocycles. The highest BCUT2D eigenvalue weighted by atomic mass is 16.5. The number of aromatic nitrogens is 2. The largest absolute Gasteiger partial charge is 0.478 e. The quantitative estimate of drug-likeness (QED) is 0.923. The molecule has 2 heterocycles. The minimum atomic E-state index is 0.502. The van der Waals surface area contributed by atoms with Crippen LogP contribution in [0.25, 0.3) is 11.0 Å². The second-order valence-corrected chi connectivity index (χ2v) is 5.12. The van der Waals surface area contributed by atoms with Crippen LogP contribution in [0.15, 0.2) is 24.3 Å². The van der Waals surface area contributed by atoms with Crippen LogP contribution in [0.1, 0.15) is 12.8 Å². The second kappa shape index (κ2) is 5.63.